The van der Waals surface area contributed by atoms with Crippen LogP contribution in [-0.4, -0.2) is 5.91 Å². The molecule has 1 amide bonds. The van der Waals surface area contributed by atoms with Crippen LogP contribution in [0.5, 0.6) is 0 Å². The van der Waals surface area contributed by atoms with Crippen molar-refractivity contribution in [3.8, 4) is 0 Å². The highest BCUT2D eigenvalue weighted by Crippen LogP contribution is 2.18. The molecule has 21 heavy (non-hydrogen) atoms. The van der Waals surface area contributed by atoms with Gasteiger partial charge in [0.15, 0.2) is 0 Å². The van der Waals surface area contributed by atoms with E-state index >= 15 is 0 Å². The van der Waals surface area contributed by atoms with Gasteiger partial charge in [0.1, 0.15) is 5.82 Å². The first-order valence-electron chi connectivity index (χ1n) is 7.19. The summed E-state index contributed by atoms with van der Waals surface area (Å²) >= 11 is 0. The first-order chi connectivity index (χ1) is 10.0. The Morgan fingerprint density at radius 2 is 1.86 bits per heavy atom. The maximum atomic E-state index is 12.8. The molecular weight excluding hydrogens is 265 g/mol. The number of aryl methyl sites for hydroxylation is 1. The summed E-state index contributed by atoms with van der Waals surface area (Å²) in [7, 11) is 0. The summed E-state index contributed by atoms with van der Waals surface area (Å²) in [5.41, 5.74) is 2.99. The lowest BCUT2D eigenvalue weighted by Crippen LogP contribution is -2.12. The molecule has 0 aliphatic heterocycles. The fourth-order valence-corrected chi connectivity index (χ4v) is 2.11. The number of rotatable bonds is 5. The molecule has 2 aromatic carbocycles. The van der Waals surface area contributed by atoms with E-state index in [2.05, 4.69) is 25.2 Å². The standard InChI is InChI=1S/C18H20FNO/c1-13(2)15-4-3-5-17(12-15)20-18(21)11-8-14-6-9-16(19)10-7-14/h3-7,9-10,12-13H,8,11H2,1-2H3,(H,20,21). The van der Waals surface area contributed by atoms with E-state index in [-0.39, 0.29) is 11.7 Å². The lowest BCUT2D eigenvalue weighted by atomic mass is 10.0. The van der Waals surface area contributed by atoms with E-state index < -0.39 is 0 Å². The van der Waals surface area contributed by atoms with E-state index in [1.807, 2.05) is 18.2 Å². The quantitative estimate of drug-likeness (QED) is 0.859. The Labute approximate surface area is 125 Å². The Balaban J connectivity index is 1.89. The number of nitrogens with one attached hydrogen (secondary N) is 1. The number of carbonyl (C=O) groups excluding carboxylic acids is 1. The highest BCUT2D eigenvalue weighted by atomic mass is 19.1. The summed E-state index contributed by atoms with van der Waals surface area (Å²) in [6.07, 6.45) is 0.994. The highest BCUT2D eigenvalue weighted by molar-refractivity contribution is 5.90. The average molecular weight is 285 g/mol. The van der Waals surface area contributed by atoms with E-state index in [1.165, 1.54) is 17.7 Å². The Bertz CT molecular complexity index is 605. The molecule has 0 aliphatic rings. The molecule has 2 rings (SSSR count). The third-order valence-corrected chi connectivity index (χ3v) is 3.39. The number of benzene rings is 2. The second-order valence-electron chi connectivity index (χ2n) is 5.45. The smallest absolute Gasteiger partial charge is 0.224 e. The van der Waals surface area contributed by atoms with Crippen LogP contribution in [0.3, 0.4) is 0 Å². The van der Waals surface area contributed by atoms with Gasteiger partial charge in [-0.3, -0.25) is 4.79 Å². The van der Waals surface area contributed by atoms with Crippen LogP contribution in [0.15, 0.2) is 48.5 Å². The van der Waals surface area contributed by atoms with E-state index in [0.29, 0.717) is 18.8 Å². The van der Waals surface area contributed by atoms with E-state index in [0.717, 1.165) is 11.3 Å². The van der Waals surface area contributed by atoms with Gasteiger partial charge in [0, 0.05) is 12.1 Å². The summed E-state index contributed by atoms with van der Waals surface area (Å²) in [6.45, 7) is 4.24. The molecule has 0 aliphatic carbocycles. The van der Waals surface area contributed by atoms with Gasteiger partial charge < -0.3 is 5.32 Å². The monoisotopic (exact) mass is 285 g/mol. The van der Waals surface area contributed by atoms with Crippen LogP contribution in [-0.2, 0) is 11.2 Å². The van der Waals surface area contributed by atoms with Gasteiger partial charge in [-0.2, -0.15) is 0 Å². The molecular formula is C18H20FNO. The number of hydrogen-bond donors (Lipinski definition) is 1. The minimum Gasteiger partial charge on any atom is -0.326 e. The first kappa shape index (κ1) is 15.2. The molecule has 0 unspecified atom stereocenters. The highest BCUT2D eigenvalue weighted by Gasteiger charge is 2.05. The second kappa shape index (κ2) is 7.02. The van der Waals surface area contributed by atoms with Crippen LogP contribution in [0.1, 0.15) is 37.3 Å². The largest absolute Gasteiger partial charge is 0.326 e. The lowest BCUT2D eigenvalue weighted by molar-refractivity contribution is -0.116. The minimum absolute atomic E-state index is 0.0276. The van der Waals surface area contributed by atoms with Crippen molar-refractivity contribution in [2.75, 3.05) is 5.32 Å². The Hall–Kier alpha value is -2.16. The predicted molar refractivity (Wildman–Crippen MR) is 83.9 cm³/mol. The molecule has 2 aromatic rings. The van der Waals surface area contributed by atoms with Crippen molar-refractivity contribution in [2.45, 2.75) is 32.6 Å². The molecule has 0 aromatic heterocycles. The molecule has 3 heteroatoms. The molecule has 0 heterocycles. The van der Waals surface area contributed by atoms with Gasteiger partial charge in [-0.1, -0.05) is 38.1 Å². The summed E-state index contributed by atoms with van der Waals surface area (Å²) in [5.74, 6) is 0.148. The topological polar surface area (TPSA) is 29.1 Å². The number of carbonyl (C=O) groups is 1. The lowest BCUT2D eigenvalue weighted by Gasteiger charge is -2.09. The van der Waals surface area contributed by atoms with Crippen molar-refractivity contribution < 1.29 is 9.18 Å². The molecule has 0 radical (unpaired) electrons. The Morgan fingerprint density at radius 1 is 1.14 bits per heavy atom. The van der Waals surface area contributed by atoms with Gasteiger partial charge in [-0.15, -0.1) is 0 Å². The van der Waals surface area contributed by atoms with E-state index in [1.54, 1.807) is 12.1 Å². The molecule has 0 spiro atoms. The average Bonchev–Trinajstić information content (AvgIpc) is 2.47. The number of halogens is 1. The van der Waals surface area contributed by atoms with Crippen molar-refractivity contribution in [1.29, 1.82) is 0 Å². The van der Waals surface area contributed by atoms with Crippen LogP contribution in [0.2, 0.25) is 0 Å². The fourth-order valence-electron chi connectivity index (χ4n) is 2.11. The molecule has 0 atom stereocenters. The summed E-state index contributed by atoms with van der Waals surface area (Å²) in [4.78, 5) is 11.9. The summed E-state index contributed by atoms with van der Waals surface area (Å²) in [6, 6.07) is 14.1. The Morgan fingerprint density at radius 3 is 2.52 bits per heavy atom. The van der Waals surface area contributed by atoms with Crippen molar-refractivity contribution in [3.05, 3.63) is 65.5 Å². The molecule has 0 saturated carbocycles. The molecule has 0 saturated heterocycles. The van der Waals surface area contributed by atoms with Gasteiger partial charge in [-0.25, -0.2) is 4.39 Å². The molecule has 2 nitrogen and oxygen atoms in total. The zero-order valence-electron chi connectivity index (χ0n) is 12.4. The normalized spacial score (nSPS) is 10.7. The molecule has 1 N–H and O–H groups in total. The van der Waals surface area contributed by atoms with Crippen LogP contribution in [0, 0.1) is 5.82 Å². The first-order valence-corrected chi connectivity index (χ1v) is 7.19. The molecule has 0 fully saturated rings. The predicted octanol–water partition coefficient (Wildman–Crippen LogP) is 4.52. The number of anilines is 1. The zero-order chi connectivity index (χ0) is 15.2. The van der Waals surface area contributed by atoms with Crippen molar-refractivity contribution in [2.24, 2.45) is 0 Å². The van der Waals surface area contributed by atoms with Gasteiger partial charge in [0.2, 0.25) is 5.91 Å². The molecule has 0 bridgehead atoms. The maximum absolute atomic E-state index is 12.8. The van der Waals surface area contributed by atoms with Crippen LogP contribution in [0.25, 0.3) is 0 Å². The van der Waals surface area contributed by atoms with Gasteiger partial charge >= 0.3 is 0 Å². The van der Waals surface area contributed by atoms with Crippen molar-refractivity contribution in [1.82, 2.24) is 0 Å². The van der Waals surface area contributed by atoms with Crippen LogP contribution in [0.4, 0.5) is 10.1 Å². The van der Waals surface area contributed by atoms with Crippen LogP contribution < -0.4 is 5.32 Å². The third kappa shape index (κ3) is 4.71. The number of hydrogen-bond acceptors (Lipinski definition) is 1. The van der Waals surface area contributed by atoms with Gasteiger partial charge in [0.05, 0.1) is 0 Å². The van der Waals surface area contributed by atoms with Gasteiger partial charge in [-0.05, 0) is 47.7 Å². The fraction of sp³-hybridized carbons (Fsp3) is 0.278. The Kier molecular flexibility index (Phi) is 5.09. The van der Waals surface area contributed by atoms with Crippen molar-refractivity contribution >= 4 is 11.6 Å². The van der Waals surface area contributed by atoms with E-state index in [9.17, 15) is 9.18 Å². The maximum Gasteiger partial charge on any atom is 0.224 e. The minimum atomic E-state index is -0.256. The number of amides is 1. The SMILES string of the molecule is CC(C)c1cccc(NC(=O)CCc2ccc(F)cc2)c1. The van der Waals surface area contributed by atoms with Gasteiger partial charge in [0.25, 0.3) is 0 Å². The summed E-state index contributed by atoms with van der Waals surface area (Å²) in [5, 5.41) is 2.91. The zero-order valence-corrected chi connectivity index (χ0v) is 12.4. The second-order valence-corrected chi connectivity index (χ2v) is 5.45. The van der Waals surface area contributed by atoms with Crippen molar-refractivity contribution in [3.63, 3.8) is 0 Å². The summed E-state index contributed by atoms with van der Waals surface area (Å²) < 4.78 is 12.8. The van der Waals surface area contributed by atoms with E-state index in [4.69, 9.17) is 0 Å². The molecule has 110 valence electrons. The third-order valence-electron chi connectivity index (χ3n) is 3.39. The van der Waals surface area contributed by atoms with Crippen LogP contribution >= 0.6 is 0 Å².